The van der Waals surface area contributed by atoms with Gasteiger partial charge in [-0.15, -0.1) is 0 Å². The third kappa shape index (κ3) is 8.62. The smallest absolute Gasteiger partial charge is 0.170 e. The van der Waals surface area contributed by atoms with E-state index in [1.165, 1.54) is 19.3 Å². The van der Waals surface area contributed by atoms with Crippen molar-refractivity contribution in [3.05, 3.63) is 0 Å². The molecule has 3 N–H and O–H groups in total. The van der Waals surface area contributed by atoms with Gasteiger partial charge in [0.2, 0.25) is 0 Å². The second-order valence-corrected chi connectivity index (χ2v) is 4.43. The van der Waals surface area contributed by atoms with Crippen molar-refractivity contribution in [3.63, 3.8) is 0 Å². The summed E-state index contributed by atoms with van der Waals surface area (Å²) in [6.07, 6.45) is 5.15. The molecule has 0 aliphatic heterocycles. The maximum atomic E-state index is 10.4. The van der Waals surface area contributed by atoms with Crippen molar-refractivity contribution in [1.82, 2.24) is 0 Å². The Morgan fingerprint density at radius 2 is 2.07 bits per heavy atom. The summed E-state index contributed by atoms with van der Waals surface area (Å²) in [5.74, 6) is 0. The number of nitrogens with two attached hydrogens (primary N) is 1. The van der Waals surface area contributed by atoms with E-state index >= 15 is 0 Å². The van der Waals surface area contributed by atoms with E-state index in [0.29, 0.717) is 13.0 Å². The Morgan fingerprint density at radius 1 is 1.36 bits per heavy atom. The van der Waals surface area contributed by atoms with E-state index in [0.717, 1.165) is 13.0 Å². The Morgan fingerprint density at radius 3 is 2.64 bits per heavy atom. The average molecular weight is 223 g/mol. The van der Waals surface area contributed by atoms with Crippen LogP contribution in [0.15, 0.2) is 0 Å². The zero-order valence-electron chi connectivity index (χ0n) is 8.78. The van der Waals surface area contributed by atoms with Gasteiger partial charge in [-0.3, -0.25) is 0 Å². The topological polar surface area (TPSA) is 72.5 Å². The van der Waals surface area contributed by atoms with Gasteiger partial charge in [0, 0.05) is 19.6 Å². The first kappa shape index (κ1) is 14.0. The summed E-state index contributed by atoms with van der Waals surface area (Å²) in [5, 5.41) is -0.675. The molecule has 0 aliphatic carbocycles. The SMILES string of the molecule is CCCCCCOCCC(N)S(=O)O. The van der Waals surface area contributed by atoms with Gasteiger partial charge in [0.1, 0.15) is 5.37 Å². The van der Waals surface area contributed by atoms with E-state index in [9.17, 15) is 4.21 Å². The van der Waals surface area contributed by atoms with Gasteiger partial charge in [0.05, 0.1) is 0 Å². The van der Waals surface area contributed by atoms with Gasteiger partial charge in [-0.2, -0.15) is 0 Å². The van der Waals surface area contributed by atoms with Gasteiger partial charge >= 0.3 is 0 Å². The van der Waals surface area contributed by atoms with Crippen molar-refractivity contribution in [2.45, 2.75) is 44.4 Å². The standard InChI is InChI=1S/C9H21NO3S/c1-2-3-4-5-7-13-8-6-9(10)14(11)12/h9H,2-8,10H2,1H3,(H,11,12). The summed E-state index contributed by atoms with van der Waals surface area (Å²) >= 11 is -1.92. The van der Waals surface area contributed by atoms with Crippen molar-refractivity contribution in [2.24, 2.45) is 5.73 Å². The van der Waals surface area contributed by atoms with Crippen LogP contribution in [-0.2, 0) is 15.8 Å². The van der Waals surface area contributed by atoms with Crippen LogP contribution in [0.5, 0.6) is 0 Å². The molecule has 0 amide bonds. The highest BCUT2D eigenvalue weighted by Crippen LogP contribution is 2.00. The molecule has 0 saturated carbocycles. The first-order chi connectivity index (χ1) is 6.68. The van der Waals surface area contributed by atoms with Crippen LogP contribution in [0.3, 0.4) is 0 Å². The molecule has 0 bridgehead atoms. The lowest BCUT2D eigenvalue weighted by Gasteiger charge is -2.07. The monoisotopic (exact) mass is 223 g/mol. The third-order valence-electron chi connectivity index (χ3n) is 1.95. The molecule has 0 rings (SSSR count). The van der Waals surface area contributed by atoms with E-state index in [2.05, 4.69) is 6.92 Å². The molecule has 0 fully saturated rings. The number of ether oxygens (including phenoxy) is 1. The maximum Gasteiger partial charge on any atom is 0.170 e. The molecule has 0 aromatic heterocycles. The molecule has 0 aromatic carbocycles. The Hall–Kier alpha value is 0.0300. The molecule has 14 heavy (non-hydrogen) atoms. The van der Waals surface area contributed by atoms with Crippen molar-refractivity contribution >= 4 is 11.1 Å². The highest BCUT2D eigenvalue weighted by Gasteiger charge is 2.07. The van der Waals surface area contributed by atoms with Crippen molar-refractivity contribution in [2.75, 3.05) is 13.2 Å². The molecular weight excluding hydrogens is 202 g/mol. The second kappa shape index (κ2) is 9.58. The molecule has 0 saturated heterocycles. The van der Waals surface area contributed by atoms with Crippen molar-refractivity contribution in [3.8, 4) is 0 Å². The second-order valence-electron chi connectivity index (χ2n) is 3.28. The van der Waals surface area contributed by atoms with Crippen LogP contribution < -0.4 is 5.73 Å². The molecule has 0 spiro atoms. The fourth-order valence-electron chi connectivity index (χ4n) is 1.03. The van der Waals surface area contributed by atoms with Gasteiger partial charge < -0.3 is 15.0 Å². The summed E-state index contributed by atoms with van der Waals surface area (Å²) in [6, 6.07) is 0. The highest BCUT2D eigenvalue weighted by molar-refractivity contribution is 7.79. The number of hydrogen-bond acceptors (Lipinski definition) is 3. The average Bonchev–Trinajstić information content (AvgIpc) is 2.16. The van der Waals surface area contributed by atoms with Crippen LogP contribution in [0.1, 0.15) is 39.0 Å². The Balaban J connectivity index is 3.09. The predicted octanol–water partition coefficient (Wildman–Crippen LogP) is 1.48. The predicted molar refractivity (Wildman–Crippen MR) is 58.3 cm³/mol. The van der Waals surface area contributed by atoms with Crippen LogP contribution in [0.2, 0.25) is 0 Å². The largest absolute Gasteiger partial charge is 0.381 e. The summed E-state index contributed by atoms with van der Waals surface area (Å²) in [7, 11) is 0. The Kier molecular flexibility index (Phi) is 9.60. The van der Waals surface area contributed by atoms with Crippen LogP contribution in [0, 0.1) is 0 Å². The minimum absolute atomic E-state index is 0.441. The quantitative estimate of drug-likeness (QED) is 0.459. The van der Waals surface area contributed by atoms with Crippen LogP contribution in [-0.4, -0.2) is 27.3 Å². The normalized spacial score (nSPS) is 15.4. The molecule has 2 atom stereocenters. The Labute approximate surface area is 88.5 Å². The lowest BCUT2D eigenvalue weighted by molar-refractivity contribution is 0.127. The Bertz CT molecular complexity index is 155. The summed E-state index contributed by atoms with van der Waals surface area (Å²) in [4.78, 5) is 0. The summed E-state index contributed by atoms with van der Waals surface area (Å²) in [6.45, 7) is 3.36. The zero-order valence-corrected chi connectivity index (χ0v) is 9.59. The summed E-state index contributed by atoms with van der Waals surface area (Å²) < 4.78 is 24.3. The van der Waals surface area contributed by atoms with Gasteiger partial charge in [-0.25, -0.2) is 4.21 Å². The van der Waals surface area contributed by atoms with Crippen molar-refractivity contribution < 1.29 is 13.5 Å². The molecular formula is C9H21NO3S. The molecule has 0 heterocycles. The van der Waals surface area contributed by atoms with Crippen LogP contribution in [0.25, 0.3) is 0 Å². The van der Waals surface area contributed by atoms with Gasteiger partial charge in [-0.05, 0) is 6.42 Å². The molecule has 5 heteroatoms. The van der Waals surface area contributed by atoms with Gasteiger partial charge in [0.15, 0.2) is 11.1 Å². The van der Waals surface area contributed by atoms with Gasteiger partial charge in [0.25, 0.3) is 0 Å². The van der Waals surface area contributed by atoms with Gasteiger partial charge in [-0.1, -0.05) is 26.2 Å². The molecule has 2 unspecified atom stereocenters. The first-order valence-electron chi connectivity index (χ1n) is 5.11. The number of rotatable bonds is 9. The first-order valence-corrected chi connectivity index (χ1v) is 6.28. The number of unbranched alkanes of at least 4 members (excludes halogenated alkanes) is 3. The van der Waals surface area contributed by atoms with Crippen molar-refractivity contribution in [1.29, 1.82) is 0 Å². The van der Waals surface area contributed by atoms with E-state index in [1.807, 2.05) is 0 Å². The maximum absolute atomic E-state index is 10.4. The minimum Gasteiger partial charge on any atom is -0.381 e. The van der Waals surface area contributed by atoms with E-state index < -0.39 is 16.5 Å². The summed E-state index contributed by atoms with van der Waals surface area (Å²) in [5.41, 5.74) is 5.35. The van der Waals surface area contributed by atoms with E-state index in [4.69, 9.17) is 15.0 Å². The van der Waals surface area contributed by atoms with E-state index in [-0.39, 0.29) is 0 Å². The fourth-order valence-corrected chi connectivity index (χ4v) is 1.33. The lowest BCUT2D eigenvalue weighted by atomic mass is 10.2. The number of hydrogen-bond donors (Lipinski definition) is 2. The minimum atomic E-state index is -1.92. The zero-order chi connectivity index (χ0) is 10.8. The molecule has 4 nitrogen and oxygen atoms in total. The highest BCUT2D eigenvalue weighted by atomic mass is 32.2. The molecule has 86 valence electrons. The molecule has 0 aliphatic rings. The van der Waals surface area contributed by atoms with Crippen LogP contribution in [0.4, 0.5) is 0 Å². The molecule has 0 aromatic rings. The molecule has 0 radical (unpaired) electrons. The third-order valence-corrected chi connectivity index (χ3v) is 2.70. The fraction of sp³-hybridized carbons (Fsp3) is 1.00. The lowest BCUT2D eigenvalue weighted by Crippen LogP contribution is -2.26. The van der Waals surface area contributed by atoms with Crippen LogP contribution >= 0.6 is 0 Å². The van der Waals surface area contributed by atoms with E-state index in [1.54, 1.807) is 0 Å².